The zero-order chi connectivity index (χ0) is 14.7. The minimum absolute atomic E-state index is 0.0737. The van der Waals surface area contributed by atoms with Gasteiger partial charge in [-0.3, -0.25) is 0 Å². The zero-order valence-corrected chi connectivity index (χ0v) is 12.2. The van der Waals surface area contributed by atoms with Crippen molar-refractivity contribution < 1.29 is 13.2 Å². The third-order valence-electron chi connectivity index (χ3n) is 2.66. The summed E-state index contributed by atoms with van der Waals surface area (Å²) >= 11 is 1.64. The first-order chi connectivity index (χ1) is 8.68. The summed E-state index contributed by atoms with van der Waals surface area (Å²) in [6.07, 6.45) is -2.42. The maximum absolute atomic E-state index is 12.7. The van der Waals surface area contributed by atoms with Crippen molar-refractivity contribution in [2.75, 3.05) is 30.5 Å². The lowest BCUT2D eigenvalue weighted by atomic mass is 10.2. The van der Waals surface area contributed by atoms with Gasteiger partial charge in [-0.05, 0) is 32.2 Å². The molecule has 0 saturated heterocycles. The Hall–Kier alpha value is -1.11. The molecule has 19 heavy (non-hydrogen) atoms. The fraction of sp³-hybridized carbons (Fsp3) is 0.583. The predicted molar refractivity (Wildman–Crippen MR) is 74.9 cm³/mol. The van der Waals surface area contributed by atoms with Crippen LogP contribution in [-0.4, -0.2) is 29.6 Å². The van der Waals surface area contributed by atoms with Crippen LogP contribution in [0.15, 0.2) is 12.1 Å². The summed E-state index contributed by atoms with van der Waals surface area (Å²) in [5.74, 6) is 0.417. The van der Waals surface area contributed by atoms with Crippen molar-refractivity contribution in [1.82, 2.24) is 4.98 Å². The Morgan fingerprint density at radius 2 is 1.79 bits per heavy atom. The van der Waals surface area contributed by atoms with Gasteiger partial charge in [-0.1, -0.05) is 0 Å². The van der Waals surface area contributed by atoms with Crippen molar-refractivity contribution in [1.29, 1.82) is 0 Å². The molecule has 1 aromatic rings. The number of hydrogen-bond donors (Lipinski definition) is 2. The molecule has 0 aliphatic carbocycles. The van der Waals surface area contributed by atoms with Crippen LogP contribution in [0.3, 0.4) is 0 Å². The van der Waals surface area contributed by atoms with E-state index >= 15 is 0 Å². The van der Waals surface area contributed by atoms with Gasteiger partial charge in [0, 0.05) is 18.3 Å². The molecule has 1 heterocycles. The average Bonchev–Trinajstić information content (AvgIpc) is 2.35. The van der Waals surface area contributed by atoms with Crippen LogP contribution in [-0.2, 0) is 6.18 Å². The number of nitrogens with zero attached hydrogens (tertiary/aromatic N) is 1. The standard InChI is InChI=1S/C12H18F3N3S/c1-11(2,19-4)7-17-10-6-8(12(13,14)15)5-9(16-3)18-10/h5-6H,7H2,1-4H3,(H2,16,17,18). The van der Waals surface area contributed by atoms with E-state index in [0.717, 1.165) is 12.1 Å². The van der Waals surface area contributed by atoms with Crippen molar-refractivity contribution in [2.45, 2.75) is 24.8 Å². The predicted octanol–water partition coefficient (Wildman–Crippen LogP) is 3.70. The molecule has 0 aliphatic rings. The molecule has 7 heteroatoms. The maximum atomic E-state index is 12.7. The van der Waals surface area contributed by atoms with Gasteiger partial charge in [0.2, 0.25) is 0 Å². The molecule has 0 saturated carbocycles. The minimum atomic E-state index is -4.38. The van der Waals surface area contributed by atoms with Gasteiger partial charge < -0.3 is 10.6 Å². The number of hydrogen-bond acceptors (Lipinski definition) is 4. The number of alkyl halides is 3. The van der Waals surface area contributed by atoms with Gasteiger partial charge in [0.1, 0.15) is 11.6 Å². The highest BCUT2D eigenvalue weighted by Crippen LogP contribution is 2.32. The molecule has 0 fully saturated rings. The number of nitrogens with one attached hydrogen (secondary N) is 2. The highest BCUT2D eigenvalue weighted by atomic mass is 32.2. The number of aromatic nitrogens is 1. The second kappa shape index (κ2) is 5.90. The van der Waals surface area contributed by atoms with E-state index in [0.29, 0.717) is 6.54 Å². The van der Waals surface area contributed by atoms with E-state index in [1.165, 1.54) is 7.05 Å². The Morgan fingerprint density at radius 1 is 1.21 bits per heavy atom. The van der Waals surface area contributed by atoms with Crippen LogP contribution in [0, 0.1) is 0 Å². The summed E-state index contributed by atoms with van der Waals surface area (Å²) in [6.45, 7) is 4.56. The molecule has 0 spiro atoms. The Kier molecular flexibility index (Phi) is 4.95. The van der Waals surface area contributed by atoms with E-state index in [1.807, 2.05) is 20.1 Å². The van der Waals surface area contributed by atoms with Crippen LogP contribution >= 0.6 is 11.8 Å². The maximum Gasteiger partial charge on any atom is 0.416 e. The first-order valence-corrected chi connectivity index (χ1v) is 6.96. The van der Waals surface area contributed by atoms with E-state index in [-0.39, 0.29) is 16.4 Å². The highest BCUT2D eigenvalue weighted by Gasteiger charge is 2.31. The van der Waals surface area contributed by atoms with Crippen LogP contribution in [0.2, 0.25) is 0 Å². The van der Waals surface area contributed by atoms with Crippen molar-refractivity contribution in [3.05, 3.63) is 17.7 Å². The monoisotopic (exact) mass is 293 g/mol. The summed E-state index contributed by atoms with van der Waals surface area (Å²) in [7, 11) is 1.54. The zero-order valence-electron chi connectivity index (χ0n) is 11.4. The Balaban J connectivity index is 2.95. The largest absolute Gasteiger partial charge is 0.416 e. The molecule has 0 bridgehead atoms. The van der Waals surface area contributed by atoms with Gasteiger partial charge in [0.05, 0.1) is 5.56 Å². The Bertz CT molecular complexity index is 433. The van der Waals surface area contributed by atoms with Crippen LogP contribution in [0.4, 0.5) is 24.8 Å². The second-order valence-corrected chi connectivity index (χ2v) is 6.20. The number of anilines is 2. The molecule has 0 aromatic carbocycles. The third kappa shape index (κ3) is 4.81. The van der Waals surface area contributed by atoms with E-state index in [2.05, 4.69) is 15.6 Å². The van der Waals surface area contributed by atoms with Crippen molar-refractivity contribution in [3.63, 3.8) is 0 Å². The summed E-state index contributed by atoms with van der Waals surface area (Å²) in [5.41, 5.74) is -0.712. The van der Waals surface area contributed by atoms with Gasteiger partial charge >= 0.3 is 6.18 Å². The molecule has 0 atom stereocenters. The molecule has 3 nitrogen and oxygen atoms in total. The van der Waals surface area contributed by atoms with Crippen LogP contribution < -0.4 is 10.6 Å². The lowest BCUT2D eigenvalue weighted by Gasteiger charge is -2.23. The lowest BCUT2D eigenvalue weighted by molar-refractivity contribution is -0.137. The fourth-order valence-electron chi connectivity index (χ4n) is 1.29. The molecule has 1 aromatic heterocycles. The average molecular weight is 293 g/mol. The van der Waals surface area contributed by atoms with Crippen LogP contribution in [0.1, 0.15) is 19.4 Å². The highest BCUT2D eigenvalue weighted by molar-refractivity contribution is 7.99. The SMILES string of the molecule is CNc1cc(C(F)(F)F)cc(NCC(C)(C)SC)n1. The molecule has 1 rings (SSSR count). The number of halogens is 3. The molecule has 0 unspecified atom stereocenters. The minimum Gasteiger partial charge on any atom is -0.373 e. The van der Waals surface area contributed by atoms with Crippen LogP contribution in [0.25, 0.3) is 0 Å². The quantitative estimate of drug-likeness (QED) is 0.868. The van der Waals surface area contributed by atoms with Crippen molar-refractivity contribution in [3.8, 4) is 0 Å². The van der Waals surface area contributed by atoms with Crippen molar-refractivity contribution >= 4 is 23.4 Å². The molecule has 0 radical (unpaired) electrons. The number of thioether (sulfide) groups is 1. The fourth-order valence-corrected chi connectivity index (χ4v) is 1.50. The molecule has 0 aliphatic heterocycles. The summed E-state index contributed by atoms with van der Waals surface area (Å²) in [5, 5.41) is 5.59. The first-order valence-electron chi connectivity index (χ1n) is 5.74. The van der Waals surface area contributed by atoms with Gasteiger partial charge in [-0.2, -0.15) is 24.9 Å². The third-order valence-corrected chi connectivity index (χ3v) is 3.91. The van der Waals surface area contributed by atoms with E-state index in [1.54, 1.807) is 11.8 Å². The lowest BCUT2D eigenvalue weighted by Crippen LogP contribution is -2.26. The van der Waals surface area contributed by atoms with Crippen molar-refractivity contribution in [2.24, 2.45) is 0 Å². The van der Waals surface area contributed by atoms with Crippen LogP contribution in [0.5, 0.6) is 0 Å². The first kappa shape index (κ1) is 15.9. The number of rotatable bonds is 5. The molecular weight excluding hydrogens is 275 g/mol. The molecule has 0 amide bonds. The summed E-state index contributed by atoms with van der Waals surface area (Å²) in [6, 6.07) is 2.02. The normalized spacial score (nSPS) is 12.4. The summed E-state index contributed by atoms with van der Waals surface area (Å²) in [4.78, 5) is 4.07. The molecule has 2 N–H and O–H groups in total. The Labute approximate surface area is 115 Å². The second-order valence-electron chi connectivity index (χ2n) is 4.69. The van der Waals surface area contributed by atoms with E-state index in [4.69, 9.17) is 0 Å². The number of pyridine rings is 1. The van der Waals surface area contributed by atoms with E-state index in [9.17, 15) is 13.2 Å². The topological polar surface area (TPSA) is 37.0 Å². The molecular formula is C12H18F3N3S. The van der Waals surface area contributed by atoms with Gasteiger partial charge in [0.25, 0.3) is 0 Å². The molecule has 108 valence electrons. The van der Waals surface area contributed by atoms with Gasteiger partial charge in [0.15, 0.2) is 0 Å². The smallest absolute Gasteiger partial charge is 0.373 e. The Morgan fingerprint density at radius 3 is 2.26 bits per heavy atom. The van der Waals surface area contributed by atoms with Gasteiger partial charge in [-0.15, -0.1) is 0 Å². The van der Waals surface area contributed by atoms with E-state index < -0.39 is 11.7 Å². The van der Waals surface area contributed by atoms with Gasteiger partial charge in [-0.25, -0.2) is 4.98 Å². The summed E-state index contributed by atoms with van der Waals surface area (Å²) < 4.78 is 38.1.